The van der Waals surface area contributed by atoms with E-state index in [4.69, 9.17) is 17.3 Å². The number of hydrogen-bond acceptors (Lipinski definition) is 4. The second-order valence-corrected chi connectivity index (χ2v) is 6.88. The summed E-state index contributed by atoms with van der Waals surface area (Å²) in [5.74, 6) is -1.31. The van der Waals surface area contributed by atoms with Crippen LogP contribution in [0.2, 0.25) is 5.02 Å². The lowest BCUT2D eigenvalue weighted by atomic mass is 10.1. The number of rotatable bonds is 5. The van der Waals surface area contributed by atoms with Gasteiger partial charge in [-0.25, -0.2) is 0 Å². The van der Waals surface area contributed by atoms with Crippen LogP contribution in [0.1, 0.15) is 30.4 Å². The molecule has 3 amide bonds. The molecule has 1 aromatic heterocycles. The minimum Gasteiger partial charge on any atom is -0.366 e. The molecule has 2 aromatic carbocycles. The fourth-order valence-electron chi connectivity index (χ4n) is 2.31. The molecule has 6 nitrogen and oxygen atoms in total. The third kappa shape index (κ3) is 4.52. The van der Waals surface area contributed by atoms with Crippen LogP contribution in [0, 0.1) is 0 Å². The minimum absolute atomic E-state index is 0.285. The molecule has 0 saturated carbocycles. The van der Waals surface area contributed by atoms with E-state index in [1.54, 1.807) is 35.7 Å². The summed E-state index contributed by atoms with van der Waals surface area (Å²) in [4.78, 5) is 36.5. The van der Waals surface area contributed by atoms with Crippen LogP contribution < -0.4 is 16.4 Å². The van der Waals surface area contributed by atoms with E-state index in [-0.39, 0.29) is 11.5 Å². The summed E-state index contributed by atoms with van der Waals surface area (Å²) in [5.41, 5.74) is 6.58. The fraction of sp³-hybridized carbons (Fsp3) is 0. The van der Waals surface area contributed by atoms with Crippen LogP contribution in [0.3, 0.4) is 0 Å². The molecule has 3 aromatic rings. The molecule has 0 saturated heterocycles. The van der Waals surface area contributed by atoms with Crippen LogP contribution in [-0.2, 0) is 0 Å². The molecule has 0 bridgehead atoms. The standard InChI is InChI=1S/C19H14ClN3O3S/c20-14-7-6-12(10-15(14)23-19(26)16-5-2-8-27-16)18(25)22-13-4-1-3-11(9-13)17(21)24/h1-10H,(H2,21,24)(H,22,25)(H,23,26). The van der Waals surface area contributed by atoms with E-state index < -0.39 is 11.8 Å². The fourth-order valence-corrected chi connectivity index (χ4v) is 3.09. The van der Waals surface area contributed by atoms with Crippen molar-refractivity contribution in [2.75, 3.05) is 10.6 Å². The number of primary amides is 1. The third-order valence-electron chi connectivity index (χ3n) is 3.63. The number of nitrogens with two attached hydrogens (primary N) is 1. The molecule has 8 heteroatoms. The number of hydrogen-bond donors (Lipinski definition) is 3. The van der Waals surface area contributed by atoms with Crippen molar-refractivity contribution >= 4 is 52.0 Å². The van der Waals surface area contributed by atoms with Gasteiger partial charge >= 0.3 is 0 Å². The molecule has 136 valence electrons. The van der Waals surface area contributed by atoms with Crippen molar-refractivity contribution in [2.45, 2.75) is 0 Å². The van der Waals surface area contributed by atoms with Crippen molar-refractivity contribution in [3.63, 3.8) is 0 Å². The summed E-state index contributed by atoms with van der Waals surface area (Å²) in [6.07, 6.45) is 0. The maximum atomic E-state index is 12.5. The average Bonchev–Trinajstić information content (AvgIpc) is 3.18. The Morgan fingerprint density at radius 2 is 1.70 bits per heavy atom. The monoisotopic (exact) mass is 399 g/mol. The molecule has 0 atom stereocenters. The van der Waals surface area contributed by atoms with E-state index >= 15 is 0 Å². The SMILES string of the molecule is NC(=O)c1cccc(NC(=O)c2ccc(Cl)c(NC(=O)c3cccs3)c2)c1. The zero-order valence-corrected chi connectivity index (χ0v) is 15.4. The van der Waals surface area contributed by atoms with E-state index in [2.05, 4.69) is 10.6 Å². The zero-order valence-electron chi connectivity index (χ0n) is 13.9. The molecule has 0 spiro atoms. The summed E-state index contributed by atoms with van der Waals surface area (Å²) in [7, 11) is 0. The van der Waals surface area contributed by atoms with E-state index in [1.165, 1.54) is 35.6 Å². The van der Waals surface area contributed by atoms with Crippen molar-refractivity contribution in [1.82, 2.24) is 0 Å². The molecular weight excluding hydrogens is 386 g/mol. The van der Waals surface area contributed by atoms with Gasteiger partial charge in [-0.05, 0) is 47.8 Å². The molecule has 0 radical (unpaired) electrons. The van der Waals surface area contributed by atoms with Gasteiger partial charge in [-0.3, -0.25) is 14.4 Å². The number of carbonyl (C=O) groups is 3. The van der Waals surface area contributed by atoms with Gasteiger partial charge in [0, 0.05) is 16.8 Å². The second-order valence-electron chi connectivity index (χ2n) is 5.53. The molecule has 0 fully saturated rings. The Hall–Kier alpha value is -3.16. The van der Waals surface area contributed by atoms with Crippen molar-refractivity contribution in [1.29, 1.82) is 0 Å². The Labute approximate surface area is 164 Å². The van der Waals surface area contributed by atoms with Crippen LogP contribution in [-0.4, -0.2) is 17.7 Å². The van der Waals surface area contributed by atoms with E-state index in [9.17, 15) is 14.4 Å². The van der Waals surface area contributed by atoms with Crippen molar-refractivity contribution < 1.29 is 14.4 Å². The Morgan fingerprint density at radius 3 is 2.41 bits per heavy atom. The predicted octanol–water partition coefficient (Wildman–Crippen LogP) is 4.01. The van der Waals surface area contributed by atoms with Crippen LogP contribution in [0.4, 0.5) is 11.4 Å². The number of halogens is 1. The van der Waals surface area contributed by atoms with Gasteiger partial charge in [0.25, 0.3) is 11.8 Å². The lowest BCUT2D eigenvalue weighted by Gasteiger charge is -2.10. The number of anilines is 2. The van der Waals surface area contributed by atoms with Gasteiger partial charge < -0.3 is 16.4 Å². The van der Waals surface area contributed by atoms with Gasteiger partial charge in [0.1, 0.15) is 0 Å². The van der Waals surface area contributed by atoms with Crippen molar-refractivity contribution in [3.05, 3.63) is 81.0 Å². The van der Waals surface area contributed by atoms with E-state index in [0.717, 1.165) is 0 Å². The Morgan fingerprint density at radius 1 is 0.889 bits per heavy atom. The highest BCUT2D eigenvalue weighted by molar-refractivity contribution is 7.12. The molecule has 0 aliphatic heterocycles. The maximum Gasteiger partial charge on any atom is 0.265 e. The van der Waals surface area contributed by atoms with Gasteiger partial charge in [-0.2, -0.15) is 0 Å². The Bertz CT molecular complexity index is 1020. The Balaban J connectivity index is 1.78. The lowest BCUT2D eigenvalue weighted by Crippen LogP contribution is -2.15. The first-order chi connectivity index (χ1) is 12.9. The van der Waals surface area contributed by atoms with Crippen LogP contribution in [0.15, 0.2) is 60.0 Å². The number of carbonyl (C=O) groups excluding carboxylic acids is 3. The Kier molecular flexibility index (Phi) is 5.54. The smallest absolute Gasteiger partial charge is 0.265 e. The normalized spacial score (nSPS) is 10.3. The number of benzene rings is 2. The van der Waals surface area contributed by atoms with E-state index in [1.807, 2.05) is 0 Å². The topological polar surface area (TPSA) is 101 Å². The largest absolute Gasteiger partial charge is 0.366 e. The van der Waals surface area contributed by atoms with Crippen LogP contribution >= 0.6 is 22.9 Å². The van der Waals surface area contributed by atoms with Gasteiger partial charge in [0.05, 0.1) is 15.6 Å². The van der Waals surface area contributed by atoms with Crippen molar-refractivity contribution in [2.24, 2.45) is 5.73 Å². The highest BCUT2D eigenvalue weighted by Gasteiger charge is 2.13. The van der Waals surface area contributed by atoms with Gasteiger partial charge in [0.2, 0.25) is 5.91 Å². The highest BCUT2D eigenvalue weighted by Crippen LogP contribution is 2.25. The van der Waals surface area contributed by atoms with Crippen LogP contribution in [0.5, 0.6) is 0 Å². The predicted molar refractivity (Wildman–Crippen MR) is 107 cm³/mol. The zero-order chi connectivity index (χ0) is 19.4. The molecule has 1 heterocycles. The first-order valence-electron chi connectivity index (χ1n) is 7.79. The second kappa shape index (κ2) is 8.03. The molecule has 0 aliphatic carbocycles. The van der Waals surface area contributed by atoms with Gasteiger partial charge in [0.15, 0.2) is 0 Å². The third-order valence-corrected chi connectivity index (χ3v) is 4.82. The molecule has 0 unspecified atom stereocenters. The molecule has 4 N–H and O–H groups in total. The first-order valence-corrected chi connectivity index (χ1v) is 9.05. The van der Waals surface area contributed by atoms with E-state index in [0.29, 0.717) is 26.8 Å². The summed E-state index contributed by atoms with van der Waals surface area (Å²) in [5, 5.41) is 7.48. The molecular formula is C19H14ClN3O3S. The first kappa shape index (κ1) is 18.6. The molecule has 3 rings (SSSR count). The average molecular weight is 400 g/mol. The van der Waals surface area contributed by atoms with Gasteiger partial charge in [-0.15, -0.1) is 11.3 Å². The summed E-state index contributed by atoms with van der Waals surface area (Å²) in [6.45, 7) is 0. The molecule has 27 heavy (non-hydrogen) atoms. The summed E-state index contributed by atoms with van der Waals surface area (Å²) < 4.78 is 0. The van der Waals surface area contributed by atoms with Gasteiger partial charge in [-0.1, -0.05) is 23.7 Å². The van der Waals surface area contributed by atoms with Crippen LogP contribution in [0.25, 0.3) is 0 Å². The number of amides is 3. The minimum atomic E-state index is -0.587. The quantitative estimate of drug-likeness (QED) is 0.604. The summed E-state index contributed by atoms with van der Waals surface area (Å²) >= 11 is 7.43. The van der Waals surface area contributed by atoms with Crippen molar-refractivity contribution in [3.8, 4) is 0 Å². The summed E-state index contributed by atoms with van der Waals surface area (Å²) in [6, 6.07) is 14.3. The lowest BCUT2D eigenvalue weighted by molar-refractivity contribution is 0.0995. The maximum absolute atomic E-state index is 12.5. The molecule has 0 aliphatic rings. The highest BCUT2D eigenvalue weighted by atomic mass is 35.5. The number of nitrogens with one attached hydrogen (secondary N) is 2. The number of thiophene rings is 1.